The van der Waals surface area contributed by atoms with Gasteiger partial charge in [0.1, 0.15) is 10.7 Å². The molecule has 118 valence electrons. The maximum atomic E-state index is 12.5. The number of nitrogens with two attached hydrogens (primary N) is 1. The summed E-state index contributed by atoms with van der Waals surface area (Å²) < 4.78 is 0. The molecule has 1 heterocycles. The summed E-state index contributed by atoms with van der Waals surface area (Å²) in [5.41, 5.74) is 5.10. The average Bonchev–Trinajstić information content (AvgIpc) is 3.02. The minimum atomic E-state index is -0.743. The first kappa shape index (κ1) is 16.0. The van der Waals surface area contributed by atoms with Crippen LogP contribution in [-0.4, -0.2) is 46.6 Å². The molecule has 4 N–H and O–H groups in total. The van der Waals surface area contributed by atoms with Gasteiger partial charge in [0.2, 0.25) is 0 Å². The van der Waals surface area contributed by atoms with Gasteiger partial charge in [-0.1, -0.05) is 31.1 Å². The van der Waals surface area contributed by atoms with Crippen molar-refractivity contribution in [3.05, 3.63) is 4.88 Å². The summed E-state index contributed by atoms with van der Waals surface area (Å²) in [5, 5.41) is 14.2. The van der Waals surface area contributed by atoms with Crippen LogP contribution in [0.4, 0.5) is 10.9 Å². The molecule has 0 radical (unpaired) electrons. The number of nitrogen functional groups attached to an aromatic ring is 1. The first-order valence-electron chi connectivity index (χ1n) is 7.43. The van der Waals surface area contributed by atoms with Crippen molar-refractivity contribution in [1.82, 2.24) is 9.88 Å². The third kappa shape index (κ3) is 3.85. The summed E-state index contributed by atoms with van der Waals surface area (Å²) in [6.45, 7) is 3.21. The van der Waals surface area contributed by atoms with Crippen molar-refractivity contribution in [3.8, 4) is 0 Å². The van der Waals surface area contributed by atoms with Crippen LogP contribution in [0.25, 0.3) is 0 Å². The number of hydrogen-bond acceptors (Lipinski definition) is 6. The molecule has 1 aliphatic carbocycles. The maximum absolute atomic E-state index is 12.5. The molecule has 0 spiro atoms. The zero-order chi connectivity index (χ0) is 15.5. The molecule has 0 aliphatic heterocycles. The van der Waals surface area contributed by atoms with Gasteiger partial charge in [0, 0.05) is 20.1 Å². The molecule has 0 aromatic carbocycles. The molecule has 21 heavy (non-hydrogen) atoms. The van der Waals surface area contributed by atoms with E-state index in [4.69, 9.17) is 5.73 Å². The van der Waals surface area contributed by atoms with Crippen molar-refractivity contribution < 1.29 is 9.90 Å². The molecule has 0 atom stereocenters. The number of carbonyl (C=O) groups excluding carboxylic acids is 1. The van der Waals surface area contributed by atoms with Crippen LogP contribution < -0.4 is 11.1 Å². The Labute approximate surface area is 129 Å². The van der Waals surface area contributed by atoms with Gasteiger partial charge in [-0.2, -0.15) is 0 Å². The van der Waals surface area contributed by atoms with Crippen molar-refractivity contribution in [2.45, 2.75) is 44.6 Å². The van der Waals surface area contributed by atoms with Crippen LogP contribution in [0.5, 0.6) is 0 Å². The predicted octanol–water partition coefficient (Wildman–Crippen LogP) is 1.92. The third-order valence-corrected chi connectivity index (χ3v) is 4.80. The van der Waals surface area contributed by atoms with Crippen molar-refractivity contribution in [2.75, 3.05) is 31.2 Å². The van der Waals surface area contributed by atoms with E-state index < -0.39 is 5.60 Å². The first-order chi connectivity index (χ1) is 9.95. The predicted molar refractivity (Wildman–Crippen MR) is 85.7 cm³/mol. The molecule has 1 amide bonds. The van der Waals surface area contributed by atoms with E-state index in [1.54, 1.807) is 11.9 Å². The van der Waals surface area contributed by atoms with Crippen molar-refractivity contribution >= 4 is 28.2 Å². The quantitative estimate of drug-likeness (QED) is 0.746. The molecule has 6 nitrogen and oxygen atoms in total. The summed E-state index contributed by atoms with van der Waals surface area (Å²) >= 11 is 1.27. The Morgan fingerprint density at radius 3 is 2.81 bits per heavy atom. The number of anilines is 2. The Kier molecular flexibility index (Phi) is 5.05. The number of aliphatic hydroxyl groups is 1. The van der Waals surface area contributed by atoms with Gasteiger partial charge in [-0.25, -0.2) is 4.98 Å². The number of aromatic nitrogens is 1. The molecule has 1 aromatic rings. The van der Waals surface area contributed by atoms with Crippen LogP contribution in [-0.2, 0) is 0 Å². The number of likely N-dealkylation sites (N-methyl/N-ethyl adjacent to an activating group) is 1. The van der Waals surface area contributed by atoms with E-state index in [0.717, 1.165) is 38.6 Å². The summed E-state index contributed by atoms with van der Waals surface area (Å²) in [7, 11) is 1.71. The summed E-state index contributed by atoms with van der Waals surface area (Å²) in [4.78, 5) is 18.6. The van der Waals surface area contributed by atoms with Crippen LogP contribution >= 0.6 is 11.3 Å². The van der Waals surface area contributed by atoms with Crippen LogP contribution in [0.15, 0.2) is 0 Å². The highest BCUT2D eigenvalue weighted by molar-refractivity contribution is 7.18. The lowest BCUT2D eigenvalue weighted by molar-refractivity contribution is 0.0158. The topological polar surface area (TPSA) is 91.5 Å². The zero-order valence-electron chi connectivity index (χ0n) is 12.7. The Morgan fingerprint density at radius 2 is 2.19 bits per heavy atom. The van der Waals surface area contributed by atoms with Gasteiger partial charge < -0.3 is 21.1 Å². The minimum Gasteiger partial charge on any atom is -0.388 e. The van der Waals surface area contributed by atoms with E-state index in [1.165, 1.54) is 11.3 Å². The molecule has 7 heteroatoms. The Hall–Kier alpha value is -1.34. The van der Waals surface area contributed by atoms with Gasteiger partial charge in [-0.05, 0) is 19.3 Å². The monoisotopic (exact) mass is 312 g/mol. The highest BCUT2D eigenvalue weighted by atomic mass is 32.1. The van der Waals surface area contributed by atoms with E-state index in [0.29, 0.717) is 16.6 Å². The standard InChI is InChI=1S/C14H24N4O2S/c1-3-8-16-13-17-11(15)10(21-13)12(19)18(2)9-14(20)6-4-5-7-14/h20H,3-9,15H2,1-2H3,(H,16,17). The van der Waals surface area contributed by atoms with Crippen molar-refractivity contribution in [2.24, 2.45) is 0 Å². The van der Waals surface area contributed by atoms with Crippen molar-refractivity contribution in [3.63, 3.8) is 0 Å². The Balaban J connectivity index is 2.03. The normalized spacial score (nSPS) is 16.9. The van der Waals surface area contributed by atoms with E-state index in [-0.39, 0.29) is 11.7 Å². The summed E-state index contributed by atoms with van der Waals surface area (Å²) in [5.74, 6) is 0.0868. The van der Waals surface area contributed by atoms with Crippen LogP contribution in [0.1, 0.15) is 48.7 Å². The van der Waals surface area contributed by atoms with E-state index >= 15 is 0 Å². The highest BCUT2D eigenvalue weighted by Gasteiger charge is 2.34. The van der Waals surface area contributed by atoms with Crippen LogP contribution in [0.3, 0.4) is 0 Å². The molecule has 0 unspecified atom stereocenters. The third-order valence-electron chi connectivity index (χ3n) is 3.79. The number of hydrogen-bond donors (Lipinski definition) is 3. The van der Waals surface area contributed by atoms with Gasteiger partial charge in [-0.3, -0.25) is 4.79 Å². The number of carbonyl (C=O) groups is 1. The van der Waals surface area contributed by atoms with Crippen LogP contribution in [0, 0.1) is 0 Å². The SMILES string of the molecule is CCCNc1nc(N)c(C(=O)N(C)CC2(O)CCCC2)s1. The molecule has 1 fully saturated rings. The number of nitrogens with one attached hydrogen (secondary N) is 1. The van der Waals surface area contributed by atoms with Crippen molar-refractivity contribution in [1.29, 1.82) is 0 Å². The molecular formula is C14H24N4O2S. The number of nitrogens with zero attached hydrogens (tertiary/aromatic N) is 2. The molecule has 1 aromatic heterocycles. The summed E-state index contributed by atoms with van der Waals surface area (Å²) in [6.07, 6.45) is 4.53. The lowest BCUT2D eigenvalue weighted by Gasteiger charge is -2.28. The highest BCUT2D eigenvalue weighted by Crippen LogP contribution is 2.31. The summed E-state index contributed by atoms with van der Waals surface area (Å²) in [6, 6.07) is 0. The van der Waals surface area contributed by atoms with Gasteiger partial charge in [-0.15, -0.1) is 0 Å². The fourth-order valence-corrected chi connectivity index (χ4v) is 3.58. The fourth-order valence-electron chi connectivity index (χ4n) is 2.67. The largest absolute Gasteiger partial charge is 0.388 e. The zero-order valence-corrected chi connectivity index (χ0v) is 13.5. The maximum Gasteiger partial charge on any atom is 0.267 e. The minimum absolute atomic E-state index is 0.171. The molecule has 1 saturated carbocycles. The van der Waals surface area contributed by atoms with E-state index in [9.17, 15) is 9.90 Å². The lowest BCUT2D eigenvalue weighted by atomic mass is 10.0. The number of amides is 1. The molecule has 2 rings (SSSR count). The molecule has 1 aliphatic rings. The number of thiazole rings is 1. The second-order valence-electron chi connectivity index (χ2n) is 5.75. The van der Waals surface area contributed by atoms with E-state index in [2.05, 4.69) is 17.2 Å². The van der Waals surface area contributed by atoms with Crippen LogP contribution in [0.2, 0.25) is 0 Å². The average molecular weight is 312 g/mol. The first-order valence-corrected chi connectivity index (χ1v) is 8.25. The number of rotatable bonds is 6. The molecule has 0 bridgehead atoms. The lowest BCUT2D eigenvalue weighted by Crippen LogP contribution is -2.42. The van der Waals surface area contributed by atoms with Gasteiger partial charge >= 0.3 is 0 Å². The Morgan fingerprint density at radius 1 is 1.52 bits per heavy atom. The molecular weight excluding hydrogens is 288 g/mol. The fraction of sp³-hybridized carbons (Fsp3) is 0.714. The van der Waals surface area contributed by atoms with Gasteiger partial charge in [0.05, 0.1) is 5.60 Å². The van der Waals surface area contributed by atoms with E-state index in [1.807, 2.05) is 0 Å². The Bertz CT molecular complexity index is 497. The smallest absolute Gasteiger partial charge is 0.267 e. The van der Waals surface area contributed by atoms with Gasteiger partial charge in [0.25, 0.3) is 5.91 Å². The second-order valence-corrected chi connectivity index (χ2v) is 6.75. The van der Waals surface area contributed by atoms with Gasteiger partial charge in [0.15, 0.2) is 5.13 Å². The second kappa shape index (κ2) is 6.62. The molecule has 0 saturated heterocycles.